The topological polar surface area (TPSA) is 38.1 Å². The molecule has 0 N–H and O–H groups in total. The lowest BCUT2D eigenvalue weighted by Gasteiger charge is -2.41. The van der Waals surface area contributed by atoms with Crippen molar-refractivity contribution in [2.24, 2.45) is 5.92 Å². The quantitative estimate of drug-likeness (QED) is 0.687. The molecule has 3 rings (SSSR count). The number of hydrogen-bond acceptors (Lipinski definition) is 3. The van der Waals surface area contributed by atoms with Crippen molar-refractivity contribution in [3.05, 3.63) is 47.8 Å². The minimum Gasteiger partial charge on any atom is -0.367 e. The monoisotopic (exact) mass is 339 g/mol. The summed E-state index contributed by atoms with van der Waals surface area (Å²) in [6.45, 7) is 10.3. The third-order valence-electron chi connectivity index (χ3n) is 5.19. The Morgan fingerprint density at radius 1 is 1.20 bits per heavy atom. The second-order valence-electron chi connectivity index (χ2n) is 7.57. The Hall–Kier alpha value is -2.10. The number of carbonyl (C=O) groups excluding carboxylic acids is 1. The van der Waals surface area contributed by atoms with Crippen molar-refractivity contribution in [2.45, 2.75) is 52.5 Å². The first-order valence-corrected chi connectivity index (χ1v) is 9.42. The average molecular weight is 339 g/mol. The molecule has 0 saturated carbocycles. The van der Waals surface area contributed by atoms with Gasteiger partial charge < -0.3 is 4.90 Å². The molecule has 0 spiro atoms. The molecule has 0 bridgehead atoms. The standard InChI is InChI=1S/C21H29N3O/c1-5-6-16(4)18-11-22-24(12-18)20-13-23(14-20)19-9-7-17(8-10-19)21(25)15(2)3/h7-12,15-16,20H,5-6,13-14H2,1-4H3. The highest BCUT2D eigenvalue weighted by molar-refractivity contribution is 5.97. The smallest absolute Gasteiger partial charge is 0.165 e. The zero-order chi connectivity index (χ0) is 18.0. The van der Waals surface area contributed by atoms with Crippen LogP contribution in [0.2, 0.25) is 0 Å². The van der Waals surface area contributed by atoms with Crippen LogP contribution in [-0.2, 0) is 0 Å². The summed E-state index contributed by atoms with van der Waals surface area (Å²) in [6.07, 6.45) is 6.66. The van der Waals surface area contributed by atoms with Gasteiger partial charge in [0.25, 0.3) is 0 Å². The molecule has 1 aromatic carbocycles. The summed E-state index contributed by atoms with van der Waals surface area (Å²) in [5.74, 6) is 0.836. The number of benzene rings is 1. The number of carbonyl (C=O) groups is 1. The van der Waals surface area contributed by atoms with Gasteiger partial charge in [0.05, 0.1) is 12.2 Å². The zero-order valence-corrected chi connectivity index (χ0v) is 15.8. The van der Waals surface area contributed by atoms with E-state index in [0.29, 0.717) is 12.0 Å². The first-order valence-electron chi connectivity index (χ1n) is 9.42. The summed E-state index contributed by atoms with van der Waals surface area (Å²) in [6, 6.07) is 8.46. The van der Waals surface area contributed by atoms with Gasteiger partial charge in [-0.05, 0) is 42.2 Å². The molecule has 0 aliphatic carbocycles. The molecular formula is C21H29N3O. The molecule has 1 atom stereocenters. The number of nitrogens with zero attached hydrogens (tertiary/aromatic N) is 3. The first-order chi connectivity index (χ1) is 12.0. The molecular weight excluding hydrogens is 310 g/mol. The van der Waals surface area contributed by atoms with E-state index in [1.165, 1.54) is 24.1 Å². The van der Waals surface area contributed by atoms with Gasteiger partial charge in [0.2, 0.25) is 0 Å². The molecule has 0 amide bonds. The summed E-state index contributed by atoms with van der Waals surface area (Å²) in [5.41, 5.74) is 3.33. The first kappa shape index (κ1) is 17.7. The third kappa shape index (κ3) is 3.78. The Morgan fingerprint density at radius 3 is 2.48 bits per heavy atom. The molecule has 25 heavy (non-hydrogen) atoms. The summed E-state index contributed by atoms with van der Waals surface area (Å²) in [4.78, 5) is 14.4. The van der Waals surface area contributed by atoms with Crippen LogP contribution in [0.15, 0.2) is 36.7 Å². The number of Topliss-reactive ketones (excluding diaryl/α,β-unsaturated/α-hetero) is 1. The summed E-state index contributed by atoms with van der Waals surface area (Å²) >= 11 is 0. The molecule has 1 aliphatic heterocycles. The van der Waals surface area contributed by atoms with Gasteiger partial charge in [0.1, 0.15) is 0 Å². The van der Waals surface area contributed by atoms with Crippen molar-refractivity contribution in [3.8, 4) is 0 Å². The highest BCUT2D eigenvalue weighted by Gasteiger charge is 2.29. The lowest BCUT2D eigenvalue weighted by Crippen LogP contribution is -2.48. The third-order valence-corrected chi connectivity index (χ3v) is 5.19. The van der Waals surface area contributed by atoms with Gasteiger partial charge in [-0.2, -0.15) is 5.10 Å². The summed E-state index contributed by atoms with van der Waals surface area (Å²) < 4.78 is 2.12. The van der Waals surface area contributed by atoms with Gasteiger partial charge in [-0.3, -0.25) is 9.48 Å². The maximum atomic E-state index is 12.0. The fourth-order valence-electron chi connectivity index (χ4n) is 3.41. The molecule has 4 heteroatoms. The molecule has 1 aliphatic rings. The van der Waals surface area contributed by atoms with Crippen LogP contribution in [0.25, 0.3) is 0 Å². The van der Waals surface area contributed by atoms with Crippen LogP contribution in [0.3, 0.4) is 0 Å². The molecule has 1 fully saturated rings. The van der Waals surface area contributed by atoms with E-state index in [1.54, 1.807) is 0 Å². The maximum absolute atomic E-state index is 12.0. The van der Waals surface area contributed by atoms with Gasteiger partial charge in [0, 0.05) is 36.5 Å². The highest BCUT2D eigenvalue weighted by atomic mass is 16.1. The van der Waals surface area contributed by atoms with Gasteiger partial charge >= 0.3 is 0 Å². The lowest BCUT2D eigenvalue weighted by atomic mass is 9.99. The Balaban J connectivity index is 1.58. The highest BCUT2D eigenvalue weighted by Crippen LogP contribution is 2.29. The van der Waals surface area contributed by atoms with Crippen molar-refractivity contribution >= 4 is 11.5 Å². The van der Waals surface area contributed by atoms with Gasteiger partial charge in [-0.15, -0.1) is 0 Å². The fraction of sp³-hybridized carbons (Fsp3) is 0.524. The number of aromatic nitrogens is 2. The Labute approximate surface area is 150 Å². The van der Waals surface area contributed by atoms with Crippen molar-refractivity contribution in [2.75, 3.05) is 18.0 Å². The largest absolute Gasteiger partial charge is 0.367 e. The van der Waals surface area contributed by atoms with E-state index in [0.717, 1.165) is 18.7 Å². The second-order valence-corrected chi connectivity index (χ2v) is 7.57. The minimum atomic E-state index is 0.0448. The van der Waals surface area contributed by atoms with Crippen LogP contribution >= 0.6 is 0 Å². The second kappa shape index (κ2) is 7.42. The maximum Gasteiger partial charge on any atom is 0.165 e. The summed E-state index contributed by atoms with van der Waals surface area (Å²) in [7, 11) is 0. The molecule has 2 heterocycles. The summed E-state index contributed by atoms with van der Waals surface area (Å²) in [5, 5.41) is 4.57. The van der Waals surface area contributed by atoms with Crippen molar-refractivity contribution in [1.29, 1.82) is 0 Å². The molecule has 4 nitrogen and oxygen atoms in total. The van der Waals surface area contributed by atoms with E-state index in [9.17, 15) is 4.79 Å². The fourth-order valence-corrected chi connectivity index (χ4v) is 3.41. The van der Waals surface area contributed by atoms with Crippen molar-refractivity contribution < 1.29 is 4.79 Å². The van der Waals surface area contributed by atoms with E-state index in [2.05, 4.69) is 46.9 Å². The number of rotatable bonds is 7. The lowest BCUT2D eigenvalue weighted by molar-refractivity contribution is 0.0939. The van der Waals surface area contributed by atoms with E-state index < -0.39 is 0 Å². The normalized spacial score (nSPS) is 16.1. The average Bonchev–Trinajstić information content (AvgIpc) is 3.03. The van der Waals surface area contributed by atoms with Crippen LogP contribution in [0.4, 0.5) is 5.69 Å². The van der Waals surface area contributed by atoms with Crippen LogP contribution in [-0.4, -0.2) is 28.7 Å². The molecule has 1 saturated heterocycles. The van der Waals surface area contributed by atoms with Crippen LogP contribution in [0, 0.1) is 5.92 Å². The van der Waals surface area contributed by atoms with E-state index >= 15 is 0 Å². The number of ketones is 1. The van der Waals surface area contributed by atoms with Crippen LogP contribution in [0.5, 0.6) is 0 Å². The predicted molar refractivity (Wildman–Crippen MR) is 102 cm³/mol. The zero-order valence-electron chi connectivity index (χ0n) is 15.8. The number of anilines is 1. The van der Waals surface area contributed by atoms with E-state index in [-0.39, 0.29) is 11.7 Å². The van der Waals surface area contributed by atoms with Gasteiger partial charge in [-0.1, -0.05) is 34.1 Å². The Bertz CT molecular complexity index is 711. The van der Waals surface area contributed by atoms with E-state index in [4.69, 9.17) is 0 Å². The molecule has 1 aromatic heterocycles. The van der Waals surface area contributed by atoms with Gasteiger partial charge in [-0.25, -0.2) is 0 Å². The van der Waals surface area contributed by atoms with Crippen LogP contribution < -0.4 is 4.90 Å². The Morgan fingerprint density at radius 2 is 1.88 bits per heavy atom. The van der Waals surface area contributed by atoms with Gasteiger partial charge in [0.15, 0.2) is 5.78 Å². The minimum absolute atomic E-state index is 0.0448. The SMILES string of the molecule is CCCC(C)c1cnn(C2CN(c3ccc(C(=O)C(C)C)cc3)C2)c1. The predicted octanol–water partition coefficient (Wildman–Crippen LogP) is 4.69. The van der Waals surface area contributed by atoms with Crippen LogP contribution in [0.1, 0.15) is 68.4 Å². The molecule has 2 aromatic rings. The van der Waals surface area contributed by atoms with E-state index in [1.807, 2.05) is 32.2 Å². The van der Waals surface area contributed by atoms with Crippen molar-refractivity contribution in [3.63, 3.8) is 0 Å². The molecule has 134 valence electrons. The van der Waals surface area contributed by atoms with Crippen molar-refractivity contribution in [1.82, 2.24) is 9.78 Å². The number of hydrogen-bond donors (Lipinski definition) is 0. The molecule has 0 radical (unpaired) electrons. The molecule has 1 unspecified atom stereocenters. The Kier molecular flexibility index (Phi) is 5.26.